The molecule has 0 fully saturated rings. The van der Waals surface area contributed by atoms with Crippen LogP contribution in [0.15, 0.2) is 48.3 Å². The molecule has 0 aromatic heterocycles. The van der Waals surface area contributed by atoms with Gasteiger partial charge >= 0.3 is 6.18 Å². The number of alkyl halides is 3. The van der Waals surface area contributed by atoms with Gasteiger partial charge in [0.15, 0.2) is 12.0 Å². The molecule has 1 aliphatic rings. The van der Waals surface area contributed by atoms with Crippen LogP contribution in [0.5, 0.6) is 0 Å². The van der Waals surface area contributed by atoms with Crippen molar-refractivity contribution in [2.24, 2.45) is 5.73 Å². The van der Waals surface area contributed by atoms with Gasteiger partial charge in [-0.15, -0.1) is 0 Å². The third-order valence-corrected chi connectivity index (χ3v) is 4.83. The molecule has 0 saturated heterocycles. The Morgan fingerprint density at radius 2 is 1.89 bits per heavy atom. The van der Waals surface area contributed by atoms with Gasteiger partial charge in [0.05, 0.1) is 16.2 Å². The number of rotatable bonds is 4. The summed E-state index contributed by atoms with van der Waals surface area (Å²) in [6, 6.07) is 9.74. The summed E-state index contributed by atoms with van der Waals surface area (Å²) in [5.74, 6) is -0.719. The Bertz CT molecular complexity index is 922. The summed E-state index contributed by atoms with van der Waals surface area (Å²) in [6.07, 6.45) is -3.99. The van der Waals surface area contributed by atoms with Crippen LogP contribution in [0.4, 0.5) is 13.2 Å². The van der Waals surface area contributed by atoms with Crippen LogP contribution in [0.2, 0.25) is 5.02 Å². The summed E-state index contributed by atoms with van der Waals surface area (Å²) in [4.78, 5) is 12.9. The number of aryl methyl sites for hydroxylation is 1. The van der Waals surface area contributed by atoms with Gasteiger partial charge in [0.2, 0.25) is 5.78 Å². The lowest BCUT2D eigenvalue weighted by atomic mass is 9.94. The molecule has 1 aliphatic heterocycles. The molecular formula is C20H17ClF3NO2. The minimum absolute atomic E-state index is 0.0654. The topological polar surface area (TPSA) is 52.3 Å². The molecular weight excluding hydrogens is 379 g/mol. The lowest BCUT2D eigenvalue weighted by molar-refractivity contribution is -0.137. The maximum Gasteiger partial charge on any atom is 0.416 e. The lowest BCUT2D eigenvalue weighted by Gasteiger charge is -2.14. The summed E-state index contributed by atoms with van der Waals surface area (Å²) in [5.41, 5.74) is 6.31. The molecule has 0 amide bonds. The highest BCUT2D eigenvalue weighted by Crippen LogP contribution is 2.40. The highest BCUT2D eigenvalue weighted by molar-refractivity contribution is 6.33. The van der Waals surface area contributed by atoms with Crippen molar-refractivity contribution in [1.82, 2.24) is 0 Å². The zero-order valence-corrected chi connectivity index (χ0v) is 15.2. The molecule has 1 heterocycles. The van der Waals surface area contributed by atoms with Crippen LogP contribution in [0.1, 0.15) is 41.7 Å². The quantitative estimate of drug-likeness (QED) is 0.766. The fraction of sp³-hybridized carbons (Fsp3) is 0.250. The number of Topliss-reactive ketones (excluding diaryl/α,β-unsaturated/α-hetero) is 1. The molecule has 27 heavy (non-hydrogen) atoms. The van der Waals surface area contributed by atoms with Crippen molar-refractivity contribution in [2.45, 2.75) is 32.0 Å². The number of carbonyl (C=O) groups excluding carboxylic acids is 1. The van der Waals surface area contributed by atoms with Gasteiger partial charge in [-0.3, -0.25) is 4.79 Å². The Kier molecular flexibility index (Phi) is 5.20. The van der Waals surface area contributed by atoms with Gasteiger partial charge in [-0.2, -0.15) is 13.2 Å². The Morgan fingerprint density at radius 1 is 1.19 bits per heavy atom. The van der Waals surface area contributed by atoms with Crippen LogP contribution in [0.3, 0.4) is 0 Å². The second-order valence-electron chi connectivity index (χ2n) is 6.25. The summed E-state index contributed by atoms with van der Waals surface area (Å²) in [5, 5.41) is 0.413. The van der Waals surface area contributed by atoms with E-state index in [2.05, 4.69) is 0 Å². The molecule has 0 aliphatic carbocycles. The van der Waals surface area contributed by atoms with E-state index in [1.54, 1.807) is 12.1 Å². The number of ether oxygens (including phenoxy) is 1. The number of benzene rings is 2. The molecule has 0 bridgehead atoms. The minimum atomic E-state index is -4.52. The first-order valence-electron chi connectivity index (χ1n) is 8.39. The van der Waals surface area contributed by atoms with Crippen molar-refractivity contribution < 1.29 is 22.7 Å². The van der Waals surface area contributed by atoms with Crippen LogP contribution in [-0.2, 0) is 22.1 Å². The van der Waals surface area contributed by atoms with E-state index < -0.39 is 23.6 Å². The van der Waals surface area contributed by atoms with E-state index in [4.69, 9.17) is 22.1 Å². The highest BCUT2D eigenvalue weighted by Gasteiger charge is 2.38. The smallest absolute Gasteiger partial charge is 0.416 e. The van der Waals surface area contributed by atoms with E-state index in [1.165, 1.54) is 12.1 Å². The molecule has 7 heteroatoms. The van der Waals surface area contributed by atoms with Crippen LogP contribution >= 0.6 is 11.6 Å². The first-order chi connectivity index (χ1) is 12.7. The summed E-state index contributed by atoms with van der Waals surface area (Å²) < 4.78 is 44.4. The van der Waals surface area contributed by atoms with E-state index in [9.17, 15) is 18.0 Å². The largest absolute Gasteiger partial charge is 0.462 e. The van der Waals surface area contributed by atoms with Crippen molar-refractivity contribution in [2.75, 3.05) is 0 Å². The first-order valence-corrected chi connectivity index (χ1v) is 8.77. The number of halogens is 4. The third kappa shape index (κ3) is 3.67. The Hall–Kier alpha value is -2.47. The average molecular weight is 396 g/mol. The molecule has 3 rings (SSSR count). The zero-order valence-electron chi connectivity index (χ0n) is 14.4. The maximum atomic E-state index is 13.0. The molecule has 0 radical (unpaired) electrons. The summed E-state index contributed by atoms with van der Waals surface area (Å²) in [7, 11) is 0. The highest BCUT2D eigenvalue weighted by atomic mass is 35.5. The Morgan fingerprint density at radius 3 is 2.56 bits per heavy atom. The summed E-state index contributed by atoms with van der Waals surface area (Å²) in [6.45, 7) is 2.01. The number of hydrogen-bond acceptors (Lipinski definition) is 3. The molecule has 2 N–H and O–H groups in total. The number of ketones is 1. The van der Waals surface area contributed by atoms with Crippen molar-refractivity contribution in [3.05, 3.63) is 75.6 Å². The summed E-state index contributed by atoms with van der Waals surface area (Å²) >= 11 is 6.42. The molecule has 142 valence electrons. The number of nitrogens with two attached hydrogens (primary N) is 1. The molecule has 1 unspecified atom stereocenters. The maximum absolute atomic E-state index is 13.0. The Balaban J connectivity index is 1.98. The minimum Gasteiger partial charge on any atom is -0.462 e. The second-order valence-corrected chi connectivity index (χ2v) is 6.63. The first kappa shape index (κ1) is 19.3. The predicted molar refractivity (Wildman–Crippen MR) is 96.8 cm³/mol. The fourth-order valence-electron chi connectivity index (χ4n) is 3.10. The van der Waals surface area contributed by atoms with Crippen LogP contribution in [0.25, 0.3) is 5.57 Å². The second kappa shape index (κ2) is 7.27. The van der Waals surface area contributed by atoms with E-state index in [-0.39, 0.29) is 17.0 Å². The van der Waals surface area contributed by atoms with Crippen LogP contribution in [-0.4, -0.2) is 5.78 Å². The van der Waals surface area contributed by atoms with Crippen molar-refractivity contribution in [1.29, 1.82) is 0 Å². The standard InChI is InChI=1S/C20H17ClF3NO2/c1-2-5-11-6-4-9-14(16(11)21)18-17(26)15(19(25)27-18)12-7-3-8-13(10-12)20(22,23)24/h3-4,6-10,18H,2,5,25H2,1H3. The van der Waals surface area contributed by atoms with E-state index >= 15 is 0 Å². The van der Waals surface area contributed by atoms with Gasteiger partial charge < -0.3 is 10.5 Å². The van der Waals surface area contributed by atoms with Crippen molar-refractivity contribution in [3.63, 3.8) is 0 Å². The van der Waals surface area contributed by atoms with E-state index in [0.29, 0.717) is 10.6 Å². The van der Waals surface area contributed by atoms with E-state index in [0.717, 1.165) is 30.5 Å². The molecule has 1 atom stereocenters. The predicted octanol–water partition coefficient (Wildman–Crippen LogP) is 5.28. The monoisotopic (exact) mass is 395 g/mol. The van der Waals surface area contributed by atoms with Crippen LogP contribution < -0.4 is 5.73 Å². The zero-order chi connectivity index (χ0) is 19.8. The van der Waals surface area contributed by atoms with Gasteiger partial charge in [0.1, 0.15) is 0 Å². The SMILES string of the molecule is CCCc1cccc(C2OC(N)=C(c3cccc(C(F)(F)F)c3)C2=O)c1Cl. The molecule has 2 aromatic carbocycles. The average Bonchev–Trinajstić information content (AvgIpc) is 2.91. The van der Waals surface area contributed by atoms with Gasteiger partial charge in [0.25, 0.3) is 0 Å². The number of carbonyl (C=O) groups is 1. The van der Waals surface area contributed by atoms with Gasteiger partial charge in [-0.1, -0.05) is 55.3 Å². The Labute approximate surface area is 159 Å². The van der Waals surface area contributed by atoms with E-state index in [1.807, 2.05) is 13.0 Å². The van der Waals surface area contributed by atoms with Crippen LogP contribution in [0, 0.1) is 0 Å². The fourth-order valence-corrected chi connectivity index (χ4v) is 3.42. The molecule has 0 spiro atoms. The van der Waals surface area contributed by atoms with Crippen molar-refractivity contribution in [3.8, 4) is 0 Å². The number of hydrogen-bond donors (Lipinski definition) is 1. The molecule has 2 aromatic rings. The normalized spacial score (nSPS) is 17.4. The van der Waals surface area contributed by atoms with Gasteiger partial charge in [-0.05, 0) is 29.7 Å². The lowest BCUT2D eigenvalue weighted by Crippen LogP contribution is -2.11. The van der Waals surface area contributed by atoms with Gasteiger partial charge in [-0.25, -0.2) is 0 Å². The van der Waals surface area contributed by atoms with Crippen molar-refractivity contribution >= 4 is 23.0 Å². The molecule has 0 saturated carbocycles. The van der Waals surface area contributed by atoms with Gasteiger partial charge in [0, 0.05) is 5.56 Å². The third-order valence-electron chi connectivity index (χ3n) is 4.36. The molecule has 3 nitrogen and oxygen atoms in total.